The van der Waals surface area contributed by atoms with E-state index < -0.39 is 0 Å². The third kappa shape index (κ3) is 3.85. The number of ether oxygens (including phenoxy) is 1. The van der Waals surface area contributed by atoms with Gasteiger partial charge in [0.15, 0.2) is 0 Å². The number of hydrogen-bond acceptors (Lipinski definition) is 4. The molecule has 2 N–H and O–H groups in total. The van der Waals surface area contributed by atoms with E-state index in [0.29, 0.717) is 0 Å². The molecule has 106 valence electrons. The number of nitrogen functional groups attached to an aromatic ring is 1. The molecule has 0 bridgehead atoms. The van der Waals surface area contributed by atoms with Crippen molar-refractivity contribution in [3.8, 4) is 5.75 Å². The topological polar surface area (TPSA) is 41.7 Å². The Morgan fingerprint density at radius 1 is 1.47 bits per heavy atom. The number of nitrogens with two attached hydrogens (primary N) is 1. The molecular weight excluding hydrogens is 238 g/mol. The largest absolute Gasteiger partial charge is 0.496 e. The predicted molar refractivity (Wildman–Crippen MR) is 79.3 cm³/mol. The molecule has 1 aliphatic heterocycles. The van der Waals surface area contributed by atoms with Gasteiger partial charge in [-0.25, -0.2) is 0 Å². The van der Waals surface area contributed by atoms with Gasteiger partial charge in [0.1, 0.15) is 5.75 Å². The van der Waals surface area contributed by atoms with E-state index >= 15 is 0 Å². The lowest BCUT2D eigenvalue weighted by Crippen LogP contribution is -2.27. The van der Waals surface area contributed by atoms with E-state index in [9.17, 15) is 0 Å². The summed E-state index contributed by atoms with van der Waals surface area (Å²) in [7, 11) is 6.07. The lowest BCUT2D eigenvalue weighted by Gasteiger charge is -2.22. The van der Waals surface area contributed by atoms with E-state index in [1.54, 1.807) is 7.11 Å². The zero-order valence-corrected chi connectivity index (χ0v) is 12.2. The van der Waals surface area contributed by atoms with Crippen molar-refractivity contribution < 1.29 is 4.74 Å². The minimum atomic E-state index is 0.751. The van der Waals surface area contributed by atoms with E-state index in [1.807, 2.05) is 12.1 Å². The van der Waals surface area contributed by atoms with E-state index in [4.69, 9.17) is 10.5 Å². The fourth-order valence-electron chi connectivity index (χ4n) is 2.86. The summed E-state index contributed by atoms with van der Waals surface area (Å²) in [5.74, 6) is 1.67. The van der Waals surface area contributed by atoms with Gasteiger partial charge in [-0.05, 0) is 39.0 Å². The smallest absolute Gasteiger partial charge is 0.125 e. The molecule has 0 radical (unpaired) electrons. The van der Waals surface area contributed by atoms with Crippen LogP contribution in [0.1, 0.15) is 12.0 Å². The van der Waals surface area contributed by atoms with Gasteiger partial charge < -0.3 is 20.3 Å². The Kier molecular flexibility index (Phi) is 4.66. The first-order valence-electron chi connectivity index (χ1n) is 6.88. The summed E-state index contributed by atoms with van der Waals surface area (Å²) in [6.07, 6.45) is 1.31. The Morgan fingerprint density at radius 3 is 2.89 bits per heavy atom. The molecular formula is C15H25N3O. The molecule has 0 aliphatic carbocycles. The number of benzene rings is 1. The molecule has 19 heavy (non-hydrogen) atoms. The van der Waals surface area contributed by atoms with Crippen LogP contribution in [-0.4, -0.2) is 50.6 Å². The molecule has 0 saturated carbocycles. The second-order valence-corrected chi connectivity index (χ2v) is 5.68. The van der Waals surface area contributed by atoms with Gasteiger partial charge in [-0.15, -0.1) is 0 Å². The second kappa shape index (κ2) is 6.26. The van der Waals surface area contributed by atoms with Gasteiger partial charge in [-0.3, -0.25) is 0 Å². The summed E-state index contributed by atoms with van der Waals surface area (Å²) in [6.45, 7) is 4.48. The first-order valence-corrected chi connectivity index (χ1v) is 6.88. The molecule has 4 heteroatoms. The molecule has 1 atom stereocenters. The van der Waals surface area contributed by atoms with Gasteiger partial charge in [-0.2, -0.15) is 0 Å². The minimum Gasteiger partial charge on any atom is -0.496 e. The van der Waals surface area contributed by atoms with Gasteiger partial charge in [0, 0.05) is 37.0 Å². The van der Waals surface area contributed by atoms with Crippen LogP contribution in [0, 0.1) is 5.92 Å². The Labute approximate surface area is 116 Å². The minimum absolute atomic E-state index is 0.751. The second-order valence-electron chi connectivity index (χ2n) is 5.68. The normalized spacial score (nSPS) is 20.1. The van der Waals surface area contributed by atoms with E-state index in [2.05, 4.69) is 30.0 Å². The number of methoxy groups -OCH3 is 1. The number of anilines is 1. The Morgan fingerprint density at radius 2 is 2.26 bits per heavy atom. The standard InChI is InChI=1S/C15H25N3O/c1-17-7-6-12(9-17)10-18(2)11-13-4-5-14(16)8-15(13)19-3/h4-5,8,12H,6-7,9-11,16H2,1-3H3. The summed E-state index contributed by atoms with van der Waals surface area (Å²) in [6, 6.07) is 5.90. The van der Waals surface area contributed by atoms with E-state index in [1.165, 1.54) is 25.1 Å². The van der Waals surface area contributed by atoms with Crippen molar-refractivity contribution in [3.05, 3.63) is 23.8 Å². The van der Waals surface area contributed by atoms with Crippen LogP contribution in [0.4, 0.5) is 5.69 Å². The molecule has 1 aromatic carbocycles. The molecule has 1 saturated heterocycles. The van der Waals surface area contributed by atoms with Crippen LogP contribution in [0.3, 0.4) is 0 Å². The number of hydrogen-bond donors (Lipinski definition) is 1. The van der Waals surface area contributed by atoms with Crippen molar-refractivity contribution in [3.63, 3.8) is 0 Å². The molecule has 4 nitrogen and oxygen atoms in total. The first-order chi connectivity index (χ1) is 9.08. The van der Waals surface area contributed by atoms with Crippen molar-refractivity contribution in [2.24, 2.45) is 5.92 Å². The van der Waals surface area contributed by atoms with Crippen molar-refractivity contribution in [2.75, 3.05) is 46.6 Å². The van der Waals surface area contributed by atoms with Crippen molar-refractivity contribution in [1.29, 1.82) is 0 Å². The summed E-state index contributed by atoms with van der Waals surface area (Å²) < 4.78 is 5.40. The molecule has 1 aliphatic rings. The molecule has 0 amide bonds. The van der Waals surface area contributed by atoms with Crippen LogP contribution < -0.4 is 10.5 Å². The molecule has 1 unspecified atom stereocenters. The molecule has 0 spiro atoms. The molecule has 0 aromatic heterocycles. The average molecular weight is 263 g/mol. The van der Waals surface area contributed by atoms with E-state index in [-0.39, 0.29) is 0 Å². The van der Waals surface area contributed by atoms with Crippen molar-refractivity contribution in [1.82, 2.24) is 9.80 Å². The van der Waals surface area contributed by atoms with Crippen LogP contribution in [0.5, 0.6) is 5.75 Å². The zero-order chi connectivity index (χ0) is 13.8. The summed E-state index contributed by atoms with van der Waals surface area (Å²) in [5.41, 5.74) is 7.73. The van der Waals surface area contributed by atoms with Crippen LogP contribution in [-0.2, 0) is 6.54 Å². The van der Waals surface area contributed by atoms with Crippen LogP contribution >= 0.6 is 0 Å². The summed E-state index contributed by atoms with van der Waals surface area (Å²) >= 11 is 0. The van der Waals surface area contributed by atoms with Gasteiger partial charge in [0.2, 0.25) is 0 Å². The molecule has 1 fully saturated rings. The third-order valence-corrected chi connectivity index (χ3v) is 3.81. The van der Waals surface area contributed by atoms with Gasteiger partial charge >= 0.3 is 0 Å². The SMILES string of the molecule is COc1cc(N)ccc1CN(C)CC1CCN(C)C1. The van der Waals surface area contributed by atoms with Crippen molar-refractivity contribution in [2.45, 2.75) is 13.0 Å². The highest BCUT2D eigenvalue weighted by atomic mass is 16.5. The van der Waals surface area contributed by atoms with Gasteiger partial charge in [0.05, 0.1) is 7.11 Å². The lowest BCUT2D eigenvalue weighted by molar-refractivity contribution is 0.263. The van der Waals surface area contributed by atoms with E-state index in [0.717, 1.165) is 30.4 Å². The Balaban J connectivity index is 1.93. The monoisotopic (exact) mass is 263 g/mol. The molecule has 1 aromatic rings. The highest BCUT2D eigenvalue weighted by Gasteiger charge is 2.21. The Bertz CT molecular complexity index is 422. The van der Waals surface area contributed by atoms with Crippen LogP contribution in [0.25, 0.3) is 0 Å². The summed E-state index contributed by atoms with van der Waals surface area (Å²) in [4.78, 5) is 4.78. The maximum atomic E-state index is 5.78. The summed E-state index contributed by atoms with van der Waals surface area (Å²) in [5, 5.41) is 0. The zero-order valence-electron chi connectivity index (χ0n) is 12.2. The molecule has 2 rings (SSSR count). The van der Waals surface area contributed by atoms with Gasteiger partial charge in [-0.1, -0.05) is 6.07 Å². The van der Waals surface area contributed by atoms with Crippen LogP contribution in [0.2, 0.25) is 0 Å². The fourth-order valence-corrected chi connectivity index (χ4v) is 2.86. The van der Waals surface area contributed by atoms with Crippen LogP contribution in [0.15, 0.2) is 18.2 Å². The maximum absolute atomic E-state index is 5.78. The number of nitrogens with zero attached hydrogens (tertiary/aromatic N) is 2. The lowest BCUT2D eigenvalue weighted by atomic mass is 10.1. The number of rotatable bonds is 5. The predicted octanol–water partition coefficient (Wildman–Crippen LogP) is 1.66. The Hall–Kier alpha value is -1.26. The van der Waals surface area contributed by atoms with Gasteiger partial charge in [0.25, 0.3) is 0 Å². The quantitative estimate of drug-likeness (QED) is 0.820. The fraction of sp³-hybridized carbons (Fsp3) is 0.600. The third-order valence-electron chi connectivity index (χ3n) is 3.81. The highest BCUT2D eigenvalue weighted by Crippen LogP contribution is 2.23. The molecule has 1 heterocycles. The number of likely N-dealkylation sites (tertiary alicyclic amines) is 1. The van der Waals surface area contributed by atoms with Crippen molar-refractivity contribution >= 4 is 5.69 Å². The average Bonchev–Trinajstić information content (AvgIpc) is 2.76. The first kappa shape index (κ1) is 14.2. The maximum Gasteiger partial charge on any atom is 0.125 e. The highest BCUT2D eigenvalue weighted by molar-refractivity contribution is 5.48.